The molecule has 2 rings (SSSR count). The number of hydrogen-bond donors (Lipinski definition) is 2. The lowest BCUT2D eigenvalue weighted by Crippen LogP contribution is -2.44. The third-order valence-electron chi connectivity index (χ3n) is 3.45. The summed E-state index contributed by atoms with van der Waals surface area (Å²) < 4.78 is 5.38. The topological polar surface area (TPSA) is 78.9 Å². The maximum Gasteiger partial charge on any atom is 0.321 e. The molecule has 21 heavy (non-hydrogen) atoms. The molecule has 1 aliphatic rings. The molecule has 1 fully saturated rings. The van der Waals surface area contributed by atoms with Crippen LogP contribution in [0.2, 0.25) is 0 Å². The number of ether oxygens (including phenoxy) is 1. The molecule has 0 saturated carbocycles. The third-order valence-corrected chi connectivity index (χ3v) is 3.45. The van der Waals surface area contributed by atoms with Crippen LogP contribution in [0.4, 0.5) is 10.5 Å². The van der Waals surface area contributed by atoms with Gasteiger partial charge in [0.05, 0.1) is 12.5 Å². The monoisotopic (exact) mass is 292 g/mol. The highest BCUT2D eigenvalue weighted by Crippen LogP contribution is 2.20. The smallest absolute Gasteiger partial charge is 0.321 e. The van der Waals surface area contributed by atoms with Crippen LogP contribution in [0.15, 0.2) is 24.3 Å². The number of amides is 2. The van der Waals surface area contributed by atoms with Crippen molar-refractivity contribution in [3.05, 3.63) is 24.3 Å². The molecular weight excluding hydrogens is 272 g/mol. The van der Waals surface area contributed by atoms with Gasteiger partial charge in [-0.15, -0.1) is 0 Å². The molecular formula is C15H20N2O4. The predicted molar refractivity (Wildman–Crippen MR) is 78.6 cm³/mol. The minimum atomic E-state index is -0.842. The molecule has 0 spiro atoms. The number of carbonyl (C=O) groups excluding carboxylic acids is 1. The van der Waals surface area contributed by atoms with Crippen LogP contribution in [0.5, 0.6) is 5.75 Å². The van der Waals surface area contributed by atoms with E-state index in [1.807, 2.05) is 13.0 Å². The standard InChI is InChI=1S/C15H20N2O4/c1-2-21-13-7-3-6-12(9-13)16-15(20)17-8-4-5-11(10-17)14(18)19/h3,6-7,9,11H,2,4-5,8,10H2,1H3,(H,16,20)(H,18,19)/t11-/m0/s1. The van der Waals surface area contributed by atoms with Gasteiger partial charge in [-0.2, -0.15) is 0 Å². The zero-order chi connectivity index (χ0) is 15.2. The first-order chi connectivity index (χ1) is 10.1. The zero-order valence-electron chi connectivity index (χ0n) is 12.0. The highest BCUT2D eigenvalue weighted by atomic mass is 16.5. The lowest BCUT2D eigenvalue weighted by Gasteiger charge is -2.30. The van der Waals surface area contributed by atoms with Gasteiger partial charge >= 0.3 is 12.0 Å². The molecule has 1 aliphatic heterocycles. The van der Waals surface area contributed by atoms with Crippen molar-refractivity contribution in [2.75, 3.05) is 25.0 Å². The number of carboxylic acid groups (broad SMARTS) is 1. The SMILES string of the molecule is CCOc1cccc(NC(=O)N2CCC[C@H](C(=O)O)C2)c1. The third kappa shape index (κ3) is 4.11. The van der Waals surface area contributed by atoms with Gasteiger partial charge in [0.15, 0.2) is 0 Å². The summed E-state index contributed by atoms with van der Waals surface area (Å²) in [5.74, 6) is -0.623. The second-order valence-corrected chi connectivity index (χ2v) is 5.01. The first-order valence-corrected chi connectivity index (χ1v) is 7.11. The summed E-state index contributed by atoms with van der Waals surface area (Å²) in [5.41, 5.74) is 0.642. The van der Waals surface area contributed by atoms with Crippen molar-refractivity contribution in [3.8, 4) is 5.75 Å². The van der Waals surface area contributed by atoms with E-state index in [4.69, 9.17) is 9.84 Å². The number of urea groups is 1. The number of nitrogens with zero attached hydrogens (tertiary/aromatic N) is 1. The molecule has 0 radical (unpaired) electrons. The maximum absolute atomic E-state index is 12.2. The normalized spacial score (nSPS) is 18.1. The molecule has 1 aromatic rings. The second-order valence-electron chi connectivity index (χ2n) is 5.01. The number of likely N-dealkylation sites (tertiary alicyclic amines) is 1. The van der Waals surface area contributed by atoms with Crippen LogP contribution < -0.4 is 10.1 Å². The Labute approximate surface area is 123 Å². The average Bonchev–Trinajstić information content (AvgIpc) is 2.48. The van der Waals surface area contributed by atoms with Gasteiger partial charge in [-0.1, -0.05) is 6.07 Å². The van der Waals surface area contributed by atoms with Crippen molar-refractivity contribution >= 4 is 17.7 Å². The van der Waals surface area contributed by atoms with Gasteiger partial charge in [0.25, 0.3) is 0 Å². The molecule has 0 bridgehead atoms. The molecule has 2 N–H and O–H groups in total. The van der Waals surface area contributed by atoms with Gasteiger partial charge < -0.3 is 20.1 Å². The van der Waals surface area contributed by atoms with Gasteiger partial charge in [0.2, 0.25) is 0 Å². The second kappa shape index (κ2) is 6.97. The molecule has 0 aromatic heterocycles. The molecule has 2 amide bonds. The number of piperidine rings is 1. The maximum atomic E-state index is 12.2. The fourth-order valence-corrected chi connectivity index (χ4v) is 2.40. The number of anilines is 1. The van der Waals surface area contributed by atoms with Gasteiger partial charge in [0, 0.05) is 24.8 Å². The molecule has 0 unspecified atom stereocenters. The molecule has 1 aromatic carbocycles. The van der Waals surface area contributed by atoms with E-state index in [1.54, 1.807) is 23.1 Å². The van der Waals surface area contributed by atoms with Gasteiger partial charge in [0.1, 0.15) is 5.75 Å². The van der Waals surface area contributed by atoms with Gasteiger partial charge in [-0.05, 0) is 31.9 Å². The summed E-state index contributed by atoms with van der Waals surface area (Å²) in [5, 5.41) is 11.8. The van der Waals surface area contributed by atoms with Crippen LogP contribution in [0, 0.1) is 5.92 Å². The van der Waals surface area contributed by atoms with Crippen LogP contribution in [-0.4, -0.2) is 41.7 Å². The molecule has 1 heterocycles. The molecule has 114 valence electrons. The number of benzene rings is 1. The molecule has 1 saturated heterocycles. The Morgan fingerprint density at radius 2 is 2.29 bits per heavy atom. The van der Waals surface area contributed by atoms with Crippen molar-refractivity contribution < 1.29 is 19.4 Å². The Kier molecular flexibility index (Phi) is 5.03. The number of nitrogens with one attached hydrogen (secondary N) is 1. The first kappa shape index (κ1) is 15.2. The van der Waals surface area contributed by atoms with Crippen molar-refractivity contribution in [2.45, 2.75) is 19.8 Å². The lowest BCUT2D eigenvalue weighted by atomic mass is 9.99. The van der Waals surface area contributed by atoms with E-state index in [0.29, 0.717) is 37.4 Å². The summed E-state index contributed by atoms with van der Waals surface area (Å²) in [6, 6.07) is 6.88. The quantitative estimate of drug-likeness (QED) is 0.893. The van der Waals surface area contributed by atoms with Crippen molar-refractivity contribution in [1.29, 1.82) is 0 Å². The Balaban J connectivity index is 1.97. The fourth-order valence-electron chi connectivity index (χ4n) is 2.40. The number of rotatable bonds is 4. The van der Waals surface area contributed by atoms with Crippen molar-refractivity contribution in [1.82, 2.24) is 4.90 Å². The van der Waals surface area contributed by atoms with E-state index in [9.17, 15) is 9.59 Å². The zero-order valence-corrected chi connectivity index (χ0v) is 12.0. The number of hydrogen-bond acceptors (Lipinski definition) is 3. The van der Waals surface area contributed by atoms with E-state index in [2.05, 4.69) is 5.32 Å². The summed E-state index contributed by atoms with van der Waals surface area (Å²) in [7, 11) is 0. The minimum Gasteiger partial charge on any atom is -0.494 e. The molecule has 0 aliphatic carbocycles. The Bertz CT molecular complexity index is 518. The molecule has 6 nitrogen and oxygen atoms in total. The van der Waals surface area contributed by atoms with Crippen LogP contribution in [-0.2, 0) is 4.79 Å². The van der Waals surface area contributed by atoms with E-state index in [0.717, 1.165) is 0 Å². The van der Waals surface area contributed by atoms with E-state index >= 15 is 0 Å². The summed E-state index contributed by atoms with van der Waals surface area (Å²) >= 11 is 0. The van der Waals surface area contributed by atoms with Crippen LogP contribution in [0.3, 0.4) is 0 Å². The molecule has 6 heteroatoms. The summed E-state index contributed by atoms with van der Waals surface area (Å²) in [6.45, 7) is 3.29. The van der Waals surface area contributed by atoms with Crippen molar-refractivity contribution in [2.24, 2.45) is 5.92 Å². The van der Waals surface area contributed by atoms with Crippen LogP contribution in [0.1, 0.15) is 19.8 Å². The Morgan fingerprint density at radius 1 is 1.48 bits per heavy atom. The Morgan fingerprint density at radius 3 is 3.00 bits per heavy atom. The number of carbonyl (C=O) groups is 2. The van der Waals surface area contributed by atoms with Crippen LogP contribution >= 0.6 is 0 Å². The van der Waals surface area contributed by atoms with Gasteiger partial charge in [-0.25, -0.2) is 4.79 Å². The summed E-state index contributed by atoms with van der Waals surface area (Å²) in [4.78, 5) is 24.8. The highest BCUT2D eigenvalue weighted by Gasteiger charge is 2.28. The number of carboxylic acids is 1. The number of aliphatic carboxylic acids is 1. The van der Waals surface area contributed by atoms with Gasteiger partial charge in [-0.3, -0.25) is 4.79 Å². The average molecular weight is 292 g/mol. The Hall–Kier alpha value is -2.24. The van der Waals surface area contributed by atoms with E-state index in [1.165, 1.54) is 0 Å². The van der Waals surface area contributed by atoms with Crippen molar-refractivity contribution in [3.63, 3.8) is 0 Å². The minimum absolute atomic E-state index is 0.256. The largest absolute Gasteiger partial charge is 0.494 e. The van der Waals surface area contributed by atoms with E-state index < -0.39 is 11.9 Å². The van der Waals surface area contributed by atoms with E-state index in [-0.39, 0.29) is 12.6 Å². The highest BCUT2D eigenvalue weighted by molar-refractivity contribution is 5.90. The van der Waals surface area contributed by atoms with Crippen LogP contribution in [0.25, 0.3) is 0 Å². The lowest BCUT2D eigenvalue weighted by molar-refractivity contribution is -0.143. The predicted octanol–water partition coefficient (Wildman–Crippen LogP) is 2.41. The summed E-state index contributed by atoms with van der Waals surface area (Å²) in [6.07, 6.45) is 1.34. The fraction of sp³-hybridized carbons (Fsp3) is 0.467. The first-order valence-electron chi connectivity index (χ1n) is 7.11. The molecule has 1 atom stereocenters.